The zero-order valence-electron chi connectivity index (χ0n) is 13.4. The minimum absolute atomic E-state index is 0.130. The number of carbonyl (C=O) groups excluding carboxylic acids is 1. The topological polar surface area (TPSA) is 58.6 Å². The number of carbonyl (C=O) groups is 1. The van der Waals surface area contributed by atoms with Gasteiger partial charge in [-0.25, -0.2) is 9.97 Å². The molecule has 4 heterocycles. The summed E-state index contributed by atoms with van der Waals surface area (Å²) in [6, 6.07) is 3.72. The molecule has 0 unspecified atom stereocenters. The monoisotopic (exact) mass is 344 g/mol. The second kappa shape index (κ2) is 6.49. The van der Waals surface area contributed by atoms with Crippen molar-refractivity contribution in [2.45, 2.75) is 18.4 Å². The molecule has 2 saturated heterocycles. The number of anilines is 1. The number of aromatic nitrogens is 2. The Labute approximate surface area is 145 Å². The molecule has 0 N–H and O–H groups in total. The summed E-state index contributed by atoms with van der Waals surface area (Å²) >= 11 is 1.56. The lowest BCUT2D eigenvalue weighted by atomic mass is 9.89. The summed E-state index contributed by atoms with van der Waals surface area (Å²) in [7, 11) is 0. The molecule has 2 aromatic heterocycles. The Balaban J connectivity index is 1.41. The summed E-state index contributed by atoms with van der Waals surface area (Å²) in [5.74, 6) is 0.891. The van der Waals surface area contributed by atoms with Crippen LogP contribution in [-0.4, -0.2) is 59.2 Å². The highest BCUT2D eigenvalue weighted by Crippen LogP contribution is 2.31. The molecule has 7 heteroatoms. The van der Waals surface area contributed by atoms with Crippen molar-refractivity contribution in [3.63, 3.8) is 0 Å². The minimum Gasteiger partial charge on any atom is -0.371 e. The van der Waals surface area contributed by atoms with Crippen LogP contribution in [0, 0.1) is 0 Å². The fraction of sp³-hybridized carbons (Fsp3) is 0.471. The largest absolute Gasteiger partial charge is 0.371 e. The second-order valence-electron chi connectivity index (χ2n) is 6.31. The number of rotatable bonds is 2. The lowest BCUT2D eigenvalue weighted by Gasteiger charge is -2.47. The first-order valence-electron chi connectivity index (χ1n) is 8.23. The highest BCUT2D eigenvalue weighted by Gasteiger charge is 2.41. The third-order valence-corrected chi connectivity index (χ3v) is 5.50. The number of nitrogens with zero attached hydrogens (tertiary/aromatic N) is 4. The molecule has 0 radical (unpaired) electrons. The van der Waals surface area contributed by atoms with Crippen LogP contribution in [0.5, 0.6) is 0 Å². The Morgan fingerprint density at radius 2 is 2.00 bits per heavy atom. The summed E-state index contributed by atoms with van der Waals surface area (Å²) < 4.78 is 6.14. The molecule has 0 aliphatic carbocycles. The first kappa shape index (κ1) is 15.5. The Kier molecular flexibility index (Phi) is 4.20. The van der Waals surface area contributed by atoms with Gasteiger partial charge in [0.15, 0.2) is 0 Å². The van der Waals surface area contributed by atoms with Gasteiger partial charge in [0.25, 0.3) is 5.91 Å². The highest BCUT2D eigenvalue weighted by molar-refractivity contribution is 7.08. The van der Waals surface area contributed by atoms with Gasteiger partial charge in [-0.15, -0.1) is 0 Å². The van der Waals surface area contributed by atoms with E-state index in [1.807, 2.05) is 27.8 Å². The highest BCUT2D eigenvalue weighted by atomic mass is 32.1. The van der Waals surface area contributed by atoms with Crippen molar-refractivity contribution in [2.24, 2.45) is 0 Å². The number of hydrogen-bond donors (Lipinski definition) is 0. The average molecular weight is 344 g/mol. The van der Waals surface area contributed by atoms with E-state index in [4.69, 9.17) is 4.74 Å². The molecule has 2 fully saturated rings. The predicted molar refractivity (Wildman–Crippen MR) is 92.4 cm³/mol. The zero-order valence-corrected chi connectivity index (χ0v) is 14.2. The van der Waals surface area contributed by atoms with Crippen LogP contribution >= 0.6 is 11.3 Å². The van der Waals surface area contributed by atoms with E-state index in [9.17, 15) is 4.79 Å². The van der Waals surface area contributed by atoms with Crippen molar-refractivity contribution in [3.8, 4) is 0 Å². The van der Waals surface area contributed by atoms with Crippen LogP contribution in [0.1, 0.15) is 23.2 Å². The smallest absolute Gasteiger partial charge is 0.254 e. The average Bonchev–Trinajstić information content (AvgIpc) is 3.17. The molecular formula is C17H20N4O2S. The first-order valence-corrected chi connectivity index (χ1v) is 9.17. The molecule has 1 amide bonds. The van der Waals surface area contributed by atoms with Crippen LogP contribution in [0.15, 0.2) is 35.3 Å². The number of likely N-dealkylation sites (tertiary alicyclic amines) is 1. The third kappa shape index (κ3) is 3.01. The van der Waals surface area contributed by atoms with E-state index in [0.29, 0.717) is 6.61 Å². The van der Waals surface area contributed by atoms with Crippen molar-refractivity contribution in [2.75, 3.05) is 37.7 Å². The Hall–Kier alpha value is -1.99. The number of amides is 1. The van der Waals surface area contributed by atoms with Gasteiger partial charge in [0, 0.05) is 37.4 Å². The second-order valence-corrected chi connectivity index (χ2v) is 7.09. The van der Waals surface area contributed by atoms with Crippen LogP contribution in [0.3, 0.4) is 0 Å². The molecule has 2 aliphatic heterocycles. The van der Waals surface area contributed by atoms with Gasteiger partial charge < -0.3 is 14.5 Å². The normalized spacial score (nSPS) is 20.3. The number of thiophene rings is 1. The summed E-state index contributed by atoms with van der Waals surface area (Å²) in [5.41, 5.74) is 0.600. The maximum atomic E-state index is 12.5. The van der Waals surface area contributed by atoms with Crippen molar-refractivity contribution in [3.05, 3.63) is 40.8 Å². The van der Waals surface area contributed by atoms with E-state index in [1.165, 1.54) is 0 Å². The molecule has 2 aliphatic rings. The molecule has 24 heavy (non-hydrogen) atoms. The predicted octanol–water partition coefficient (Wildman–Crippen LogP) is 2.05. The molecule has 0 bridgehead atoms. The molecule has 6 nitrogen and oxygen atoms in total. The van der Waals surface area contributed by atoms with Gasteiger partial charge >= 0.3 is 0 Å². The van der Waals surface area contributed by atoms with E-state index in [1.54, 1.807) is 23.7 Å². The number of piperidine rings is 1. The fourth-order valence-corrected chi connectivity index (χ4v) is 4.09. The van der Waals surface area contributed by atoms with Gasteiger partial charge in [0.1, 0.15) is 0 Å². The van der Waals surface area contributed by atoms with Crippen LogP contribution in [0.25, 0.3) is 0 Å². The first-order chi connectivity index (χ1) is 11.8. The Bertz CT molecular complexity index is 684. The minimum atomic E-state index is -0.192. The van der Waals surface area contributed by atoms with E-state index in [-0.39, 0.29) is 11.5 Å². The molecule has 4 rings (SSSR count). The van der Waals surface area contributed by atoms with Gasteiger partial charge in [0.05, 0.1) is 24.3 Å². The lowest BCUT2D eigenvalue weighted by Crippen LogP contribution is -2.58. The van der Waals surface area contributed by atoms with Gasteiger partial charge in [-0.1, -0.05) is 0 Å². The standard InChI is InChI=1S/C17H20N4O2S/c22-15(14-2-11-24-12-14)20-7-3-17(4-8-20)13-21(9-10-23-17)16-18-5-1-6-19-16/h1-2,5-6,11-12H,3-4,7-10,13H2. The van der Waals surface area contributed by atoms with Gasteiger partial charge in [-0.3, -0.25) is 4.79 Å². The van der Waals surface area contributed by atoms with Crippen molar-refractivity contribution in [1.29, 1.82) is 0 Å². The van der Waals surface area contributed by atoms with Crippen molar-refractivity contribution >= 4 is 23.2 Å². The van der Waals surface area contributed by atoms with Crippen LogP contribution < -0.4 is 4.90 Å². The maximum Gasteiger partial charge on any atom is 0.254 e. The van der Waals surface area contributed by atoms with Gasteiger partial charge in [-0.05, 0) is 30.4 Å². The Morgan fingerprint density at radius 3 is 2.71 bits per heavy atom. The molecular weight excluding hydrogens is 324 g/mol. The van der Waals surface area contributed by atoms with E-state index in [2.05, 4.69) is 14.9 Å². The van der Waals surface area contributed by atoms with Crippen LogP contribution in [0.4, 0.5) is 5.95 Å². The third-order valence-electron chi connectivity index (χ3n) is 4.81. The number of ether oxygens (including phenoxy) is 1. The fourth-order valence-electron chi connectivity index (χ4n) is 3.46. The van der Waals surface area contributed by atoms with Gasteiger partial charge in [0.2, 0.25) is 5.95 Å². The summed E-state index contributed by atoms with van der Waals surface area (Å²) in [6.07, 6.45) is 5.25. The lowest BCUT2D eigenvalue weighted by molar-refractivity contribution is -0.0871. The molecule has 0 aromatic carbocycles. The summed E-state index contributed by atoms with van der Waals surface area (Å²) in [6.45, 7) is 3.74. The quantitative estimate of drug-likeness (QED) is 0.834. The van der Waals surface area contributed by atoms with E-state index in [0.717, 1.165) is 50.5 Å². The Morgan fingerprint density at radius 1 is 1.21 bits per heavy atom. The molecule has 2 aromatic rings. The van der Waals surface area contributed by atoms with Crippen LogP contribution in [-0.2, 0) is 4.74 Å². The molecule has 1 spiro atoms. The summed E-state index contributed by atoms with van der Waals surface area (Å²) in [4.78, 5) is 25.3. The van der Waals surface area contributed by atoms with Crippen molar-refractivity contribution in [1.82, 2.24) is 14.9 Å². The number of morpholine rings is 1. The summed E-state index contributed by atoms with van der Waals surface area (Å²) in [5, 5.41) is 3.86. The van der Waals surface area contributed by atoms with E-state index >= 15 is 0 Å². The van der Waals surface area contributed by atoms with Crippen molar-refractivity contribution < 1.29 is 9.53 Å². The molecule has 0 saturated carbocycles. The molecule has 126 valence electrons. The number of hydrogen-bond acceptors (Lipinski definition) is 6. The van der Waals surface area contributed by atoms with Gasteiger partial charge in [-0.2, -0.15) is 11.3 Å². The zero-order chi connectivity index (χ0) is 16.4. The SMILES string of the molecule is O=C(c1ccsc1)N1CCC2(CC1)CN(c1ncccn1)CCO2. The molecule has 0 atom stereocenters. The van der Waals surface area contributed by atoms with Crippen LogP contribution in [0.2, 0.25) is 0 Å². The maximum absolute atomic E-state index is 12.5. The van der Waals surface area contributed by atoms with E-state index < -0.39 is 0 Å².